The van der Waals surface area contributed by atoms with Crippen LogP contribution in [0.25, 0.3) is 0 Å². The first-order valence-corrected chi connectivity index (χ1v) is 21.4. The first-order chi connectivity index (χ1) is 24.7. The minimum atomic E-state index is -4.36. The van der Waals surface area contributed by atoms with Gasteiger partial charge < -0.3 is 18.9 Å². The van der Waals surface area contributed by atoms with Crippen LogP contribution in [0.5, 0.6) is 11.5 Å². The van der Waals surface area contributed by atoms with Crippen LogP contribution in [0.4, 0.5) is 11.4 Å². The van der Waals surface area contributed by atoms with Gasteiger partial charge in [0.25, 0.3) is 10.1 Å². The molecule has 2 aliphatic heterocycles. The van der Waals surface area contributed by atoms with E-state index in [0.29, 0.717) is 18.1 Å². The molecule has 1 aliphatic carbocycles. The first-order valence-electron chi connectivity index (χ1n) is 17.9. The van der Waals surface area contributed by atoms with Crippen LogP contribution in [0.15, 0.2) is 70.4 Å². The number of benzene rings is 2. The molecule has 0 spiro atoms. The molecule has 0 atom stereocenters. The number of nitrogens with zero attached hydrogens (tertiary/aromatic N) is 2. The quantitative estimate of drug-likeness (QED) is 0.173. The molecule has 0 unspecified atom stereocenters. The van der Waals surface area contributed by atoms with Crippen LogP contribution in [0.3, 0.4) is 0 Å². The monoisotopic (exact) mass is 825 g/mol. The van der Waals surface area contributed by atoms with E-state index in [4.69, 9.17) is 21.1 Å². The molecule has 0 aromatic heterocycles. The average Bonchev–Trinajstić information content (AvgIpc) is 3.38. The summed E-state index contributed by atoms with van der Waals surface area (Å²) in [6.45, 7) is 13.2. The van der Waals surface area contributed by atoms with Crippen molar-refractivity contribution in [1.29, 1.82) is 0 Å². The van der Waals surface area contributed by atoms with Crippen LogP contribution in [0, 0.1) is 13.8 Å². The van der Waals surface area contributed by atoms with E-state index in [1.54, 1.807) is 14.2 Å². The van der Waals surface area contributed by atoms with Crippen LogP contribution in [-0.4, -0.2) is 75.0 Å². The minimum Gasteiger partial charge on any atom is -0.748 e. The van der Waals surface area contributed by atoms with Crippen LogP contribution < -0.4 is 65.8 Å². The maximum atomic E-state index is 11.6. The average molecular weight is 827 g/mol. The van der Waals surface area contributed by atoms with Crippen molar-refractivity contribution >= 4 is 48.9 Å². The molecule has 54 heavy (non-hydrogen) atoms. The second-order valence-corrected chi connectivity index (χ2v) is 18.6. The Balaban J connectivity index is 0.00000650. The fourth-order valence-electron chi connectivity index (χ4n) is 7.89. The molecule has 288 valence electrons. The third kappa shape index (κ3) is 9.66. The summed E-state index contributed by atoms with van der Waals surface area (Å²) in [7, 11) is -5.18. The van der Waals surface area contributed by atoms with Gasteiger partial charge in [-0.1, -0.05) is 37.6 Å². The van der Waals surface area contributed by atoms with Gasteiger partial charge in [0.2, 0.25) is 5.69 Å². The summed E-state index contributed by atoms with van der Waals surface area (Å²) >= 11 is 7.17. The zero-order chi connectivity index (χ0) is 39.1. The number of halogens is 1. The smallest absolute Gasteiger partial charge is 0.748 e. The zero-order valence-corrected chi connectivity index (χ0v) is 38.4. The molecule has 10 nitrogen and oxygen atoms in total. The summed E-state index contributed by atoms with van der Waals surface area (Å²) in [6, 6.07) is 8.20. The number of aryl methyl sites for hydroxylation is 2. The number of hydrogen-bond acceptors (Lipinski definition) is 8. The molecular weight excluding hydrogens is 775 g/mol. The van der Waals surface area contributed by atoms with Crippen molar-refractivity contribution in [2.75, 3.05) is 43.7 Å². The summed E-state index contributed by atoms with van der Waals surface area (Å²) in [5.41, 5.74) is 9.01. The van der Waals surface area contributed by atoms with Gasteiger partial charge in [0.1, 0.15) is 18.0 Å². The number of methoxy groups -OCH3 is 2. The van der Waals surface area contributed by atoms with Gasteiger partial charge in [0, 0.05) is 58.3 Å². The Morgan fingerprint density at radius 2 is 1.52 bits per heavy atom. The van der Waals surface area contributed by atoms with Crippen molar-refractivity contribution in [3.63, 3.8) is 0 Å². The first kappa shape index (κ1) is 44.9. The molecule has 0 saturated heterocycles. The summed E-state index contributed by atoms with van der Waals surface area (Å²) in [4.78, 5) is 2.13. The van der Waals surface area contributed by atoms with Gasteiger partial charge in [-0.3, -0.25) is 4.55 Å². The number of anilines is 1. The molecule has 3 aliphatic rings. The van der Waals surface area contributed by atoms with Crippen molar-refractivity contribution in [3.8, 4) is 11.5 Å². The van der Waals surface area contributed by atoms with E-state index in [9.17, 15) is 25.9 Å². The van der Waals surface area contributed by atoms with Gasteiger partial charge in [-0.2, -0.15) is 13.0 Å². The number of fused-ring (bicyclic) bond motifs is 2. The van der Waals surface area contributed by atoms with Crippen molar-refractivity contribution in [1.82, 2.24) is 0 Å². The Morgan fingerprint density at radius 3 is 2.13 bits per heavy atom. The molecule has 14 heteroatoms. The molecule has 2 aromatic carbocycles. The molecule has 0 fully saturated rings. The van der Waals surface area contributed by atoms with Gasteiger partial charge in [-0.05, 0) is 105 Å². The van der Waals surface area contributed by atoms with Crippen molar-refractivity contribution in [2.24, 2.45) is 0 Å². The van der Waals surface area contributed by atoms with Gasteiger partial charge in [0.05, 0.1) is 35.5 Å². The van der Waals surface area contributed by atoms with E-state index in [-0.39, 0.29) is 70.0 Å². The molecular formula is C40H51ClKN2O8S2+. The Kier molecular flexibility index (Phi) is 14.5. The third-order valence-electron chi connectivity index (χ3n) is 10.7. The SMILES string of the molecule is COc1cc2c(cc1C)[N+](CCCS(=O)(=O)[O-])=C(/C=C/C1=C(Cl)C(=C/C=C3\N(CCCS(=O)(=O)O)c4cc(C)c(OC)cc4C3(C)C)/CCC1)C2(C)C.[K+]. The number of rotatable bonds is 13. The maximum absolute atomic E-state index is 11.6. The largest absolute Gasteiger partial charge is 1.00 e. The molecule has 2 heterocycles. The third-order valence-corrected chi connectivity index (χ3v) is 12.8. The van der Waals surface area contributed by atoms with Crippen LogP contribution in [0.2, 0.25) is 0 Å². The minimum absolute atomic E-state index is 0. The Bertz CT molecular complexity index is 2190. The molecule has 0 radical (unpaired) electrons. The van der Waals surface area contributed by atoms with E-state index in [0.717, 1.165) is 86.9 Å². The zero-order valence-electron chi connectivity index (χ0n) is 32.9. The molecule has 0 amide bonds. The van der Waals surface area contributed by atoms with E-state index in [1.165, 1.54) is 0 Å². The summed E-state index contributed by atoms with van der Waals surface area (Å²) in [5, 5.41) is 0.670. The molecule has 0 saturated carbocycles. The number of ether oxygens (including phenoxy) is 2. The molecule has 2 aromatic rings. The standard InChI is InChI=1S/C40H51ClN2O8S2.K/c1-26-22-32-30(24-34(26)50-7)39(3,4)36(42(32)18-10-20-52(44,45)46)16-14-28-12-9-13-29(38(28)41)15-17-37-40(5,6)31-25-35(51-8)27(2)23-33(31)43(37)19-11-21-53(47,48)49;/h14-17,22-25H,9-13,18-21H2,1-8H3,(H-,44,45,46,47,48,49);/q;+1. The summed E-state index contributed by atoms with van der Waals surface area (Å²) < 4.78 is 80.5. The van der Waals surface area contributed by atoms with Crippen LogP contribution in [0.1, 0.15) is 82.1 Å². The predicted molar refractivity (Wildman–Crippen MR) is 211 cm³/mol. The van der Waals surface area contributed by atoms with Crippen molar-refractivity contribution in [2.45, 2.75) is 84.5 Å². The van der Waals surface area contributed by atoms with Crippen LogP contribution in [-0.2, 0) is 31.1 Å². The van der Waals surface area contributed by atoms with Crippen molar-refractivity contribution in [3.05, 3.63) is 92.7 Å². The summed E-state index contributed by atoms with van der Waals surface area (Å²) in [6.07, 6.45) is 11.1. The fraction of sp³-hybridized carbons (Fsp3) is 0.475. The van der Waals surface area contributed by atoms with Gasteiger partial charge in [-0.15, -0.1) is 0 Å². The van der Waals surface area contributed by atoms with Crippen LogP contribution >= 0.6 is 11.6 Å². The fourth-order valence-corrected chi connectivity index (χ4v) is 9.19. The van der Waals surface area contributed by atoms with Gasteiger partial charge >= 0.3 is 51.4 Å². The predicted octanol–water partition coefficient (Wildman–Crippen LogP) is 4.76. The van der Waals surface area contributed by atoms with E-state index < -0.39 is 36.8 Å². The maximum Gasteiger partial charge on any atom is 1.00 e. The molecule has 1 N–H and O–H groups in total. The van der Waals surface area contributed by atoms with E-state index >= 15 is 0 Å². The van der Waals surface area contributed by atoms with E-state index in [2.05, 4.69) is 73.6 Å². The second-order valence-electron chi connectivity index (χ2n) is 15.1. The van der Waals surface area contributed by atoms with E-state index in [1.807, 2.05) is 26.0 Å². The molecule has 5 rings (SSSR count). The Labute approximate surface area is 369 Å². The second kappa shape index (κ2) is 17.4. The van der Waals surface area contributed by atoms with Crippen molar-refractivity contribution < 1.29 is 91.4 Å². The normalized spacial score (nSPS) is 19.5. The molecule has 0 bridgehead atoms. The number of allylic oxidation sites excluding steroid dienone is 8. The Morgan fingerprint density at radius 1 is 0.889 bits per heavy atom. The van der Waals surface area contributed by atoms with Gasteiger partial charge in [-0.25, -0.2) is 8.42 Å². The summed E-state index contributed by atoms with van der Waals surface area (Å²) in [5.74, 6) is 0.763. The topological polar surface area (TPSA) is 136 Å². The van der Waals surface area contributed by atoms with Gasteiger partial charge in [0.15, 0.2) is 5.71 Å². The number of hydrogen-bond donors (Lipinski definition) is 1. The Hall–Kier alpha value is -1.78.